The van der Waals surface area contributed by atoms with Gasteiger partial charge in [-0.3, -0.25) is 9.59 Å². The van der Waals surface area contributed by atoms with Crippen LogP contribution in [-0.2, 0) is 24.6 Å². The highest BCUT2D eigenvalue weighted by atomic mass is 16.9. The summed E-state index contributed by atoms with van der Waals surface area (Å²) in [6.07, 6.45) is 1.83. The molecule has 0 aromatic heterocycles. The number of phenols is 2. The Morgan fingerprint density at radius 1 is 1.22 bits per heavy atom. The van der Waals surface area contributed by atoms with Crippen molar-refractivity contribution >= 4 is 11.8 Å². The van der Waals surface area contributed by atoms with Gasteiger partial charge in [-0.1, -0.05) is 13.8 Å². The summed E-state index contributed by atoms with van der Waals surface area (Å²) in [6, 6.07) is 2.92. The summed E-state index contributed by atoms with van der Waals surface area (Å²) in [7, 11) is 0. The van der Waals surface area contributed by atoms with E-state index in [0.29, 0.717) is 30.4 Å². The Labute approximate surface area is 186 Å². The Morgan fingerprint density at radius 3 is 2.34 bits per heavy atom. The van der Waals surface area contributed by atoms with Gasteiger partial charge < -0.3 is 19.8 Å². The minimum Gasteiger partial charge on any atom is -0.508 e. The van der Waals surface area contributed by atoms with E-state index in [-0.39, 0.29) is 53.7 Å². The molecule has 176 valence electrons. The number of carbonyl (C=O) groups is 2. The first-order chi connectivity index (χ1) is 14.9. The van der Waals surface area contributed by atoms with Crippen LogP contribution in [-0.4, -0.2) is 40.3 Å². The van der Waals surface area contributed by atoms with Crippen LogP contribution >= 0.6 is 0 Å². The second-order valence-electron chi connectivity index (χ2n) is 9.95. The number of ketones is 1. The first-order valence-corrected chi connectivity index (χ1v) is 10.9. The molecule has 0 heterocycles. The van der Waals surface area contributed by atoms with Gasteiger partial charge in [-0.2, -0.15) is 0 Å². The molecule has 32 heavy (non-hydrogen) atoms. The SMILES string of the molecule is CC(C)(C(=O)OCCCCO[N+](=O)[O-])c1cc(O)c([C@@H]2CC(=O)[C@H]3C[C@@H]2C3(C)C)c(O)c1. The summed E-state index contributed by atoms with van der Waals surface area (Å²) < 4.78 is 5.29. The largest absolute Gasteiger partial charge is 0.508 e. The Balaban J connectivity index is 1.70. The first kappa shape index (κ1) is 23.8. The second-order valence-corrected chi connectivity index (χ2v) is 9.95. The molecule has 0 amide bonds. The second kappa shape index (κ2) is 8.60. The van der Waals surface area contributed by atoms with Crippen molar-refractivity contribution in [2.45, 2.75) is 64.7 Å². The van der Waals surface area contributed by atoms with E-state index in [1.165, 1.54) is 12.1 Å². The summed E-state index contributed by atoms with van der Waals surface area (Å²) in [5.74, 6) is -0.647. The van der Waals surface area contributed by atoms with E-state index in [1.807, 2.05) is 0 Å². The van der Waals surface area contributed by atoms with Crippen LogP contribution in [0.3, 0.4) is 0 Å². The highest BCUT2D eigenvalue weighted by Gasteiger charge is 2.59. The van der Waals surface area contributed by atoms with Crippen molar-refractivity contribution in [3.63, 3.8) is 0 Å². The number of carbonyl (C=O) groups excluding carboxylic acids is 2. The van der Waals surface area contributed by atoms with Crippen molar-refractivity contribution < 1.29 is 34.5 Å². The number of fused-ring (bicyclic) bond motifs is 2. The van der Waals surface area contributed by atoms with Crippen LogP contribution in [0.5, 0.6) is 11.5 Å². The fraction of sp³-hybridized carbons (Fsp3) is 0.652. The van der Waals surface area contributed by atoms with E-state index in [2.05, 4.69) is 18.7 Å². The van der Waals surface area contributed by atoms with Crippen LogP contribution in [0.25, 0.3) is 0 Å². The molecule has 0 unspecified atom stereocenters. The summed E-state index contributed by atoms with van der Waals surface area (Å²) in [5, 5.41) is 30.8. The summed E-state index contributed by atoms with van der Waals surface area (Å²) >= 11 is 0. The first-order valence-electron chi connectivity index (χ1n) is 10.9. The van der Waals surface area contributed by atoms with E-state index in [9.17, 15) is 29.9 Å². The van der Waals surface area contributed by atoms with E-state index in [4.69, 9.17) is 4.74 Å². The van der Waals surface area contributed by atoms with Crippen molar-refractivity contribution in [2.24, 2.45) is 17.3 Å². The van der Waals surface area contributed by atoms with Crippen LogP contribution in [0.2, 0.25) is 0 Å². The molecule has 2 N–H and O–H groups in total. The monoisotopic (exact) mass is 449 g/mol. The molecule has 0 spiro atoms. The normalized spacial score (nSPS) is 23.9. The smallest absolute Gasteiger partial charge is 0.315 e. The lowest BCUT2D eigenvalue weighted by Crippen LogP contribution is -2.56. The average molecular weight is 450 g/mol. The molecule has 3 aliphatic rings. The number of esters is 1. The van der Waals surface area contributed by atoms with E-state index >= 15 is 0 Å². The number of aromatic hydroxyl groups is 2. The van der Waals surface area contributed by atoms with Crippen molar-refractivity contribution in [3.05, 3.63) is 33.4 Å². The zero-order chi connectivity index (χ0) is 23.8. The third-order valence-corrected chi connectivity index (χ3v) is 7.35. The number of hydrogen-bond donors (Lipinski definition) is 2. The van der Waals surface area contributed by atoms with Crippen LogP contribution in [0.15, 0.2) is 12.1 Å². The van der Waals surface area contributed by atoms with Gasteiger partial charge in [0.15, 0.2) is 0 Å². The summed E-state index contributed by atoms with van der Waals surface area (Å²) in [6.45, 7) is 7.37. The van der Waals surface area contributed by atoms with Crippen LogP contribution in [0, 0.1) is 27.4 Å². The van der Waals surface area contributed by atoms with Crippen molar-refractivity contribution in [1.29, 1.82) is 0 Å². The number of hydrogen-bond acceptors (Lipinski definition) is 8. The molecule has 1 aromatic rings. The molecule has 0 saturated heterocycles. The van der Waals surface area contributed by atoms with Gasteiger partial charge in [-0.05, 0) is 62.1 Å². The van der Waals surface area contributed by atoms with Gasteiger partial charge in [0.05, 0.1) is 18.6 Å². The molecular formula is C23H31NO8. The van der Waals surface area contributed by atoms with Crippen LogP contribution < -0.4 is 0 Å². The molecule has 9 heteroatoms. The lowest BCUT2D eigenvalue weighted by Gasteiger charge is -2.59. The average Bonchev–Trinajstić information content (AvgIpc) is 2.68. The third kappa shape index (κ3) is 4.25. The number of rotatable bonds is 9. The molecular weight excluding hydrogens is 418 g/mol. The van der Waals surface area contributed by atoms with Gasteiger partial charge in [-0.15, -0.1) is 10.1 Å². The minimum atomic E-state index is -1.14. The van der Waals surface area contributed by atoms with Gasteiger partial charge in [0.25, 0.3) is 5.09 Å². The Hall–Kier alpha value is -2.84. The fourth-order valence-corrected chi connectivity index (χ4v) is 5.16. The summed E-state index contributed by atoms with van der Waals surface area (Å²) in [4.78, 5) is 39.5. The summed E-state index contributed by atoms with van der Waals surface area (Å²) in [5.41, 5.74) is -0.543. The number of phenolic OH excluding ortho intramolecular Hbond substituents is 2. The number of nitrogens with zero attached hydrogens (tertiary/aromatic N) is 1. The topological polar surface area (TPSA) is 136 Å². The predicted molar refractivity (Wildman–Crippen MR) is 114 cm³/mol. The van der Waals surface area contributed by atoms with Crippen molar-refractivity contribution in [1.82, 2.24) is 0 Å². The number of unbranched alkanes of at least 4 members (excludes halogenated alkanes) is 1. The quantitative estimate of drug-likeness (QED) is 0.252. The molecule has 3 aliphatic carbocycles. The zero-order valence-corrected chi connectivity index (χ0v) is 18.9. The fourth-order valence-electron chi connectivity index (χ4n) is 5.16. The number of ether oxygens (including phenoxy) is 1. The number of Topliss-reactive ketones (excluding diaryl/α,β-unsaturated/α-hetero) is 1. The van der Waals surface area contributed by atoms with E-state index in [0.717, 1.165) is 6.42 Å². The maximum absolute atomic E-state index is 12.6. The molecule has 1 aromatic carbocycles. The Morgan fingerprint density at radius 2 is 1.81 bits per heavy atom. The minimum absolute atomic E-state index is 0.0483. The highest BCUT2D eigenvalue weighted by Crippen LogP contribution is 2.64. The van der Waals surface area contributed by atoms with Gasteiger partial charge >= 0.3 is 5.97 Å². The van der Waals surface area contributed by atoms with Gasteiger partial charge in [0, 0.05) is 23.8 Å². The van der Waals surface area contributed by atoms with Gasteiger partial charge in [0.2, 0.25) is 0 Å². The molecule has 4 rings (SSSR count). The molecule has 3 atom stereocenters. The molecule has 2 bridgehead atoms. The van der Waals surface area contributed by atoms with E-state index < -0.39 is 16.5 Å². The van der Waals surface area contributed by atoms with Crippen molar-refractivity contribution in [2.75, 3.05) is 13.2 Å². The molecule has 3 saturated carbocycles. The van der Waals surface area contributed by atoms with Gasteiger partial charge in [0.1, 0.15) is 17.3 Å². The van der Waals surface area contributed by atoms with Crippen LogP contribution in [0.4, 0.5) is 0 Å². The van der Waals surface area contributed by atoms with Crippen LogP contribution in [0.1, 0.15) is 70.4 Å². The lowest BCUT2D eigenvalue weighted by molar-refractivity contribution is -0.757. The maximum Gasteiger partial charge on any atom is 0.315 e. The van der Waals surface area contributed by atoms with Crippen molar-refractivity contribution in [3.8, 4) is 11.5 Å². The highest BCUT2D eigenvalue weighted by molar-refractivity contribution is 5.86. The van der Waals surface area contributed by atoms with E-state index in [1.54, 1.807) is 13.8 Å². The van der Waals surface area contributed by atoms with Gasteiger partial charge in [-0.25, -0.2) is 0 Å². The third-order valence-electron chi connectivity index (χ3n) is 7.35. The Bertz CT molecular complexity index is 900. The molecule has 3 fully saturated rings. The molecule has 0 radical (unpaired) electrons. The predicted octanol–water partition coefficient (Wildman–Crippen LogP) is 3.63. The Kier molecular flexibility index (Phi) is 6.40. The number of benzene rings is 1. The molecule has 0 aliphatic heterocycles. The standard InChI is InChI=1S/C23H31NO8/c1-22(2,21(28)31-7-5-6-8-32-24(29)30)13-9-18(26)20(19(27)10-13)14-11-17(25)16-12-15(14)23(16,3)4/h9-10,14-16,26-27H,5-8,11-12H2,1-4H3/t14-,15+,16-/m1/s1. The lowest BCUT2D eigenvalue weighted by atomic mass is 9.44. The molecule has 9 nitrogen and oxygen atoms in total. The maximum atomic E-state index is 12.6. The zero-order valence-electron chi connectivity index (χ0n) is 18.9.